The van der Waals surface area contributed by atoms with E-state index in [1.807, 2.05) is 25.1 Å². The van der Waals surface area contributed by atoms with Gasteiger partial charge in [0.25, 0.3) is 0 Å². The molecule has 2 unspecified atom stereocenters. The van der Waals surface area contributed by atoms with E-state index in [0.29, 0.717) is 0 Å². The average molecular weight is 207 g/mol. The van der Waals surface area contributed by atoms with E-state index in [2.05, 4.69) is 29.8 Å². The van der Waals surface area contributed by atoms with Crippen LogP contribution in [0.4, 0.5) is 0 Å². The molecule has 0 bridgehead atoms. The van der Waals surface area contributed by atoms with Gasteiger partial charge in [-0.1, -0.05) is 30.3 Å². The van der Waals surface area contributed by atoms with Crippen molar-refractivity contribution in [2.45, 2.75) is 19.1 Å². The van der Waals surface area contributed by atoms with Gasteiger partial charge < -0.3 is 4.74 Å². The Morgan fingerprint density at radius 3 is 2.71 bits per heavy atom. The Hall–Kier alpha value is -0.960. The third-order valence-electron chi connectivity index (χ3n) is 2.31. The monoisotopic (exact) mass is 207 g/mol. The van der Waals surface area contributed by atoms with Crippen molar-refractivity contribution < 1.29 is 4.74 Å². The molecule has 0 fully saturated rings. The third-order valence-corrected chi connectivity index (χ3v) is 2.68. The number of benzene rings is 1. The van der Waals surface area contributed by atoms with E-state index in [1.165, 1.54) is 5.56 Å². The smallest absolute Gasteiger partial charge is 0.181 e. The summed E-state index contributed by atoms with van der Waals surface area (Å²) in [6, 6.07) is 10.3. The standard InChI is InChI=1S/C11H13NOS/c1-8-12-10(7-14)11(13-8)9-5-3-2-4-6-9/h2-6,10-11,14H,7H2,1H3. The van der Waals surface area contributed by atoms with E-state index in [1.54, 1.807) is 0 Å². The van der Waals surface area contributed by atoms with Crippen LogP contribution in [-0.4, -0.2) is 17.7 Å². The lowest BCUT2D eigenvalue weighted by Gasteiger charge is -2.15. The van der Waals surface area contributed by atoms with Crippen molar-refractivity contribution in [3.8, 4) is 0 Å². The number of nitrogens with zero attached hydrogens (tertiary/aromatic N) is 1. The molecule has 14 heavy (non-hydrogen) atoms. The van der Waals surface area contributed by atoms with Crippen LogP contribution in [0.1, 0.15) is 18.6 Å². The molecule has 0 N–H and O–H groups in total. The van der Waals surface area contributed by atoms with Crippen molar-refractivity contribution in [2.75, 3.05) is 5.75 Å². The Balaban J connectivity index is 2.21. The molecule has 0 saturated heterocycles. The first kappa shape index (κ1) is 9.59. The SMILES string of the molecule is CC1=NC(CS)C(c2ccccc2)O1. The summed E-state index contributed by atoms with van der Waals surface area (Å²) in [5.74, 6) is 1.48. The number of hydrogen-bond acceptors (Lipinski definition) is 3. The lowest BCUT2D eigenvalue weighted by molar-refractivity contribution is 0.202. The molecule has 2 atom stereocenters. The van der Waals surface area contributed by atoms with Crippen molar-refractivity contribution in [3.63, 3.8) is 0 Å². The van der Waals surface area contributed by atoms with Gasteiger partial charge in [-0.2, -0.15) is 12.6 Å². The predicted molar refractivity (Wildman–Crippen MR) is 61.0 cm³/mol. The van der Waals surface area contributed by atoms with Gasteiger partial charge in [-0.25, -0.2) is 4.99 Å². The maximum Gasteiger partial charge on any atom is 0.181 e. The van der Waals surface area contributed by atoms with Crippen LogP contribution in [-0.2, 0) is 4.74 Å². The number of thiol groups is 1. The second-order valence-corrected chi connectivity index (χ2v) is 3.71. The van der Waals surface area contributed by atoms with Crippen molar-refractivity contribution in [1.82, 2.24) is 0 Å². The zero-order chi connectivity index (χ0) is 9.97. The Bertz CT molecular complexity index is 336. The van der Waals surface area contributed by atoms with Gasteiger partial charge >= 0.3 is 0 Å². The molecule has 0 saturated carbocycles. The van der Waals surface area contributed by atoms with Crippen molar-refractivity contribution >= 4 is 18.5 Å². The van der Waals surface area contributed by atoms with E-state index in [0.717, 1.165) is 11.7 Å². The summed E-state index contributed by atoms with van der Waals surface area (Å²) in [7, 11) is 0. The summed E-state index contributed by atoms with van der Waals surface area (Å²) in [5, 5.41) is 0. The summed E-state index contributed by atoms with van der Waals surface area (Å²) in [4.78, 5) is 4.38. The molecule has 1 heterocycles. The lowest BCUT2D eigenvalue weighted by atomic mass is 10.0. The van der Waals surface area contributed by atoms with Crippen LogP contribution < -0.4 is 0 Å². The van der Waals surface area contributed by atoms with Crippen LogP contribution in [0.15, 0.2) is 35.3 Å². The van der Waals surface area contributed by atoms with E-state index in [-0.39, 0.29) is 12.1 Å². The van der Waals surface area contributed by atoms with Crippen LogP contribution in [0.25, 0.3) is 0 Å². The van der Waals surface area contributed by atoms with Crippen LogP contribution in [0, 0.1) is 0 Å². The van der Waals surface area contributed by atoms with E-state index >= 15 is 0 Å². The fourth-order valence-corrected chi connectivity index (χ4v) is 1.94. The molecule has 1 aromatic rings. The van der Waals surface area contributed by atoms with Crippen molar-refractivity contribution in [1.29, 1.82) is 0 Å². The van der Waals surface area contributed by atoms with Gasteiger partial charge in [-0.05, 0) is 5.56 Å². The summed E-state index contributed by atoms with van der Waals surface area (Å²) in [6.07, 6.45) is 0.0497. The van der Waals surface area contributed by atoms with Gasteiger partial charge in [0.1, 0.15) is 12.1 Å². The first-order valence-corrected chi connectivity index (χ1v) is 5.31. The van der Waals surface area contributed by atoms with E-state index in [4.69, 9.17) is 4.74 Å². The normalized spacial score (nSPS) is 25.7. The van der Waals surface area contributed by atoms with Crippen LogP contribution in [0.2, 0.25) is 0 Å². The van der Waals surface area contributed by atoms with Crippen molar-refractivity contribution in [2.24, 2.45) is 4.99 Å². The number of ether oxygens (including phenoxy) is 1. The molecule has 3 heteroatoms. The van der Waals surface area contributed by atoms with Gasteiger partial charge in [0.05, 0.1) is 0 Å². The summed E-state index contributed by atoms with van der Waals surface area (Å²) in [6.45, 7) is 1.89. The fourth-order valence-electron chi connectivity index (χ4n) is 1.66. The van der Waals surface area contributed by atoms with Gasteiger partial charge in [0.2, 0.25) is 0 Å². The minimum absolute atomic E-state index is 0.0497. The second kappa shape index (κ2) is 4.05. The first-order chi connectivity index (χ1) is 6.81. The van der Waals surface area contributed by atoms with Gasteiger partial charge in [-0.15, -0.1) is 0 Å². The minimum Gasteiger partial charge on any atom is -0.471 e. The quantitative estimate of drug-likeness (QED) is 0.739. The molecule has 1 aliphatic heterocycles. The Kier molecular flexibility index (Phi) is 2.77. The van der Waals surface area contributed by atoms with Crippen LogP contribution in [0.3, 0.4) is 0 Å². The topological polar surface area (TPSA) is 21.6 Å². The molecule has 74 valence electrons. The molecule has 0 amide bonds. The average Bonchev–Trinajstić information content (AvgIpc) is 2.61. The maximum absolute atomic E-state index is 5.65. The largest absolute Gasteiger partial charge is 0.471 e. The maximum atomic E-state index is 5.65. The van der Waals surface area contributed by atoms with Gasteiger partial charge in [0.15, 0.2) is 5.90 Å². The third kappa shape index (κ3) is 1.77. The molecule has 2 nitrogen and oxygen atoms in total. The van der Waals surface area contributed by atoms with E-state index < -0.39 is 0 Å². The summed E-state index contributed by atoms with van der Waals surface area (Å²) in [5.41, 5.74) is 1.17. The number of hydrogen-bond donors (Lipinski definition) is 1. The number of aliphatic imine (C=N–C) groups is 1. The lowest BCUT2D eigenvalue weighted by Crippen LogP contribution is -2.15. The predicted octanol–water partition coefficient (Wildman–Crippen LogP) is 2.47. The highest BCUT2D eigenvalue weighted by molar-refractivity contribution is 7.80. The minimum atomic E-state index is 0.0497. The highest BCUT2D eigenvalue weighted by Gasteiger charge is 2.29. The zero-order valence-electron chi connectivity index (χ0n) is 8.05. The molecule has 1 aliphatic rings. The molecule has 0 spiro atoms. The fraction of sp³-hybridized carbons (Fsp3) is 0.364. The van der Waals surface area contributed by atoms with Crippen LogP contribution in [0.5, 0.6) is 0 Å². The van der Waals surface area contributed by atoms with Gasteiger partial charge in [-0.3, -0.25) is 0 Å². The summed E-state index contributed by atoms with van der Waals surface area (Å²) < 4.78 is 5.65. The molecule has 0 radical (unpaired) electrons. The molecule has 2 rings (SSSR count). The number of rotatable bonds is 2. The van der Waals surface area contributed by atoms with Crippen molar-refractivity contribution in [3.05, 3.63) is 35.9 Å². The van der Waals surface area contributed by atoms with Crippen LogP contribution >= 0.6 is 12.6 Å². The second-order valence-electron chi connectivity index (χ2n) is 3.35. The molecule has 0 aromatic heterocycles. The Labute approximate surface area is 89.4 Å². The molecular formula is C11H13NOS. The Morgan fingerprint density at radius 2 is 2.07 bits per heavy atom. The summed E-state index contributed by atoms with van der Waals surface area (Å²) >= 11 is 4.28. The van der Waals surface area contributed by atoms with E-state index in [9.17, 15) is 0 Å². The first-order valence-electron chi connectivity index (χ1n) is 4.68. The Morgan fingerprint density at radius 1 is 1.36 bits per heavy atom. The van der Waals surface area contributed by atoms with Gasteiger partial charge in [0, 0.05) is 12.7 Å². The highest BCUT2D eigenvalue weighted by Crippen LogP contribution is 2.29. The molecule has 1 aromatic carbocycles. The molecular weight excluding hydrogens is 194 g/mol. The highest BCUT2D eigenvalue weighted by atomic mass is 32.1. The zero-order valence-corrected chi connectivity index (χ0v) is 8.95. The molecule has 0 aliphatic carbocycles.